The van der Waals surface area contributed by atoms with Crippen LogP contribution in [-0.2, 0) is 9.53 Å². The van der Waals surface area contributed by atoms with Crippen LogP contribution in [0.5, 0.6) is 0 Å². The topological polar surface area (TPSA) is 54.8 Å². The zero-order valence-electron chi connectivity index (χ0n) is 25.5. The molecule has 232 valence electrons. The summed E-state index contributed by atoms with van der Waals surface area (Å²) >= 11 is 9.87. The Morgan fingerprint density at radius 3 is 2.17 bits per heavy atom. The number of thiazole rings is 1. The lowest BCUT2D eigenvalue weighted by atomic mass is 10.1. The maximum Gasteiger partial charge on any atom is 0.273 e. The van der Waals surface area contributed by atoms with E-state index in [1.807, 2.05) is 85.0 Å². The van der Waals surface area contributed by atoms with Gasteiger partial charge in [-0.15, -0.1) is 11.3 Å². The van der Waals surface area contributed by atoms with Crippen LogP contribution in [0.25, 0.3) is 16.7 Å². The third kappa shape index (κ3) is 6.49. The molecule has 1 amide bonds. The molecule has 6 nitrogen and oxygen atoms in total. The van der Waals surface area contributed by atoms with E-state index in [9.17, 15) is 9.59 Å². The molecule has 2 aliphatic heterocycles. The van der Waals surface area contributed by atoms with Crippen LogP contribution in [0.15, 0.2) is 118 Å². The Kier molecular flexibility index (Phi) is 9.91. The summed E-state index contributed by atoms with van der Waals surface area (Å²) in [5, 5.41) is 1.14. The number of nitrogens with zero attached hydrogens (tertiary/aromatic N) is 3. The second-order valence-corrected chi connectivity index (χ2v) is 14.2. The molecule has 1 saturated heterocycles. The van der Waals surface area contributed by atoms with Crippen molar-refractivity contribution in [3.8, 4) is 5.69 Å². The smallest absolute Gasteiger partial charge is 0.273 e. The largest absolute Gasteiger partial charge is 0.383 e. The summed E-state index contributed by atoms with van der Waals surface area (Å²) in [6, 6.07) is 23.2. The summed E-state index contributed by atoms with van der Waals surface area (Å²) in [6.45, 7) is 5.68. The number of rotatable bonds is 8. The van der Waals surface area contributed by atoms with E-state index >= 15 is 0 Å². The summed E-state index contributed by atoms with van der Waals surface area (Å²) < 4.78 is 8.49. The van der Waals surface area contributed by atoms with Crippen LogP contribution in [-0.4, -0.2) is 35.1 Å². The van der Waals surface area contributed by atoms with E-state index in [2.05, 4.69) is 37.0 Å². The van der Waals surface area contributed by atoms with Gasteiger partial charge in [0.05, 0.1) is 33.2 Å². The zero-order valence-corrected chi connectivity index (χ0v) is 28.8. The van der Waals surface area contributed by atoms with Crippen LogP contribution in [0.4, 0.5) is 11.4 Å². The first-order chi connectivity index (χ1) is 22.4. The van der Waals surface area contributed by atoms with Crippen LogP contribution in [0, 0.1) is 13.8 Å². The Morgan fingerprint density at radius 1 is 0.826 bits per heavy atom. The molecule has 0 unspecified atom stereocenters. The predicted molar refractivity (Wildman–Crippen MR) is 199 cm³/mol. The molecule has 3 aromatic carbocycles. The summed E-state index contributed by atoms with van der Waals surface area (Å²) in [4.78, 5) is 32.9. The Hall–Kier alpha value is -3.93. The first-order valence-electron chi connectivity index (χ1n) is 14.6. The van der Waals surface area contributed by atoms with Crippen molar-refractivity contribution in [1.29, 1.82) is 0 Å². The molecule has 0 atom stereocenters. The van der Waals surface area contributed by atoms with E-state index in [1.54, 1.807) is 29.5 Å². The number of fused-ring (bicyclic) bond motifs is 1. The zero-order chi connectivity index (χ0) is 32.2. The molecule has 1 aromatic heterocycles. The minimum Gasteiger partial charge on any atom is -0.383 e. The minimum atomic E-state index is -0.234. The predicted octanol–water partition coefficient (Wildman–Crippen LogP) is 6.68. The average molecular weight is 682 g/mol. The third-order valence-corrected chi connectivity index (χ3v) is 11.2. The van der Waals surface area contributed by atoms with Gasteiger partial charge in [-0.05, 0) is 73.5 Å². The van der Waals surface area contributed by atoms with E-state index in [4.69, 9.17) is 17.0 Å². The highest BCUT2D eigenvalue weighted by atomic mass is 32.2. The van der Waals surface area contributed by atoms with Gasteiger partial charge in [0.15, 0.2) is 4.32 Å². The molecular weight excluding hydrogens is 651 g/mol. The molecule has 0 aliphatic carbocycles. The van der Waals surface area contributed by atoms with Crippen LogP contribution in [0.1, 0.15) is 11.1 Å². The van der Waals surface area contributed by atoms with Crippen LogP contribution in [0.2, 0.25) is 0 Å². The summed E-state index contributed by atoms with van der Waals surface area (Å²) in [7, 11) is 1.72. The fraction of sp³-hybridized carbons (Fsp3) is 0.139. The number of carbonyl (C=O) groups is 1. The number of benzene rings is 3. The monoisotopic (exact) mass is 681 g/mol. The molecule has 1 fully saturated rings. The van der Waals surface area contributed by atoms with Crippen molar-refractivity contribution >= 4 is 79.7 Å². The molecule has 0 saturated carbocycles. The Morgan fingerprint density at radius 2 is 1.48 bits per heavy atom. The lowest BCUT2D eigenvalue weighted by Crippen LogP contribution is -2.32. The number of hydrogen-bond donors (Lipinski definition) is 0. The van der Waals surface area contributed by atoms with Gasteiger partial charge in [-0.3, -0.25) is 19.1 Å². The molecule has 3 heterocycles. The first kappa shape index (κ1) is 32.0. The standard InChI is InChI=1S/C36H31N3O3S4/c1-24-22-28-30(23-25(24)2)44-31(37(28)20-21-42-3)19-13-5-4-12-18-29-33(40)38(26-14-8-6-9-15-26)35(45-29)32-34(41)39(36(43)46-32)27-16-10-7-11-17-27/h4-19,22-23H,20-21H2,1-3H3/b12-4-,13-5-,29-18-,31-19+,35-32-. The number of amides is 1. The Bertz CT molecular complexity index is 2080. The quantitative estimate of drug-likeness (QED) is 0.152. The maximum absolute atomic E-state index is 13.7. The lowest BCUT2D eigenvalue weighted by molar-refractivity contribution is -0.112. The highest BCUT2D eigenvalue weighted by Crippen LogP contribution is 2.47. The van der Waals surface area contributed by atoms with Gasteiger partial charge >= 0.3 is 0 Å². The van der Waals surface area contributed by atoms with E-state index in [-0.39, 0.29) is 11.5 Å². The molecule has 0 N–H and O–H groups in total. The SMILES string of the molecule is COCCN1\C(=C/C=C\C=C/C=c2\s/c(=C3\SC(=S)N(c4ccccc4)C3=O)n(-c3ccccc3)c2=O)Sc2cc(C)c(C)cc21. The Balaban J connectivity index is 1.31. The molecule has 46 heavy (non-hydrogen) atoms. The van der Waals surface area contributed by atoms with Gasteiger partial charge in [0.25, 0.3) is 11.5 Å². The summed E-state index contributed by atoms with van der Waals surface area (Å²) in [5.41, 5.74) is 4.96. The number of para-hydroxylation sites is 2. The fourth-order valence-corrected chi connectivity index (χ4v) is 8.73. The number of anilines is 2. The van der Waals surface area contributed by atoms with Gasteiger partial charge < -0.3 is 9.64 Å². The van der Waals surface area contributed by atoms with Crippen molar-refractivity contribution in [2.45, 2.75) is 18.7 Å². The van der Waals surface area contributed by atoms with Gasteiger partial charge in [0, 0.05) is 18.6 Å². The van der Waals surface area contributed by atoms with Gasteiger partial charge in [0.1, 0.15) is 9.57 Å². The van der Waals surface area contributed by atoms with Crippen molar-refractivity contribution in [2.75, 3.05) is 30.1 Å². The normalized spacial score (nSPS) is 17.5. The molecule has 0 bridgehead atoms. The van der Waals surface area contributed by atoms with Crippen LogP contribution < -0.4 is 24.6 Å². The van der Waals surface area contributed by atoms with Crippen molar-refractivity contribution < 1.29 is 9.53 Å². The molecule has 0 radical (unpaired) electrons. The molecule has 2 aliphatic rings. The number of methoxy groups -OCH3 is 1. The first-order valence-corrected chi connectivity index (χ1v) is 17.5. The van der Waals surface area contributed by atoms with E-state index < -0.39 is 0 Å². The lowest BCUT2D eigenvalue weighted by Gasteiger charge is -2.20. The number of ether oxygens (including phenoxy) is 1. The van der Waals surface area contributed by atoms with Gasteiger partial charge in [0.2, 0.25) is 0 Å². The number of allylic oxidation sites excluding steroid dienone is 5. The molecule has 4 aromatic rings. The minimum absolute atomic E-state index is 0.189. The fourth-order valence-electron chi connectivity index (χ4n) is 5.06. The summed E-state index contributed by atoms with van der Waals surface area (Å²) in [6.07, 6.45) is 11.6. The van der Waals surface area contributed by atoms with E-state index in [0.717, 1.165) is 11.6 Å². The average Bonchev–Trinajstić information content (AvgIpc) is 3.67. The third-order valence-electron chi connectivity index (χ3n) is 7.50. The Labute approximate surface area is 285 Å². The van der Waals surface area contributed by atoms with Crippen molar-refractivity contribution in [3.63, 3.8) is 0 Å². The van der Waals surface area contributed by atoms with Crippen molar-refractivity contribution in [2.24, 2.45) is 0 Å². The van der Waals surface area contributed by atoms with Gasteiger partial charge in [-0.25, -0.2) is 0 Å². The highest BCUT2D eigenvalue weighted by molar-refractivity contribution is 8.31. The molecule has 10 heteroatoms. The van der Waals surface area contributed by atoms with E-state index in [1.165, 1.54) is 49.7 Å². The summed E-state index contributed by atoms with van der Waals surface area (Å²) in [5.74, 6) is -0.234. The van der Waals surface area contributed by atoms with E-state index in [0.29, 0.717) is 36.4 Å². The van der Waals surface area contributed by atoms with Crippen molar-refractivity contribution in [1.82, 2.24) is 4.57 Å². The molecular formula is C36H31N3O3S4. The highest BCUT2D eigenvalue weighted by Gasteiger charge is 2.35. The number of thiocarbonyl (C=S) groups is 1. The second kappa shape index (κ2) is 14.2. The van der Waals surface area contributed by atoms with Crippen LogP contribution >= 0.6 is 47.1 Å². The van der Waals surface area contributed by atoms with Crippen LogP contribution in [0.3, 0.4) is 0 Å². The second-order valence-electron chi connectivity index (χ2n) is 10.5. The van der Waals surface area contributed by atoms with Crippen molar-refractivity contribution in [3.05, 3.63) is 139 Å². The number of aryl methyl sites for hydroxylation is 2. The number of thioether (sulfide) groups is 2. The number of hydrogen-bond acceptors (Lipinski definition) is 8. The molecule has 0 spiro atoms. The maximum atomic E-state index is 13.7. The molecule has 6 rings (SSSR count). The van der Waals surface area contributed by atoms with Gasteiger partial charge in [-0.1, -0.05) is 96.4 Å². The number of aromatic nitrogens is 1. The number of carbonyl (C=O) groups excluding carboxylic acids is 1. The van der Waals surface area contributed by atoms with Gasteiger partial charge in [-0.2, -0.15) is 0 Å².